The Morgan fingerprint density at radius 1 is 1.15 bits per heavy atom. The maximum Gasteiger partial charge on any atom is 0.220 e. The van der Waals surface area contributed by atoms with Gasteiger partial charge in [-0.15, -0.1) is 24.0 Å². The molecule has 1 aromatic rings. The van der Waals surface area contributed by atoms with Gasteiger partial charge in [-0.2, -0.15) is 0 Å². The van der Waals surface area contributed by atoms with Gasteiger partial charge in [-0.25, -0.2) is 4.99 Å². The maximum atomic E-state index is 11.8. The molecule has 0 saturated heterocycles. The molecule has 0 aromatic heterocycles. The summed E-state index contributed by atoms with van der Waals surface area (Å²) in [5, 5.41) is 5.93. The highest BCUT2D eigenvalue weighted by Gasteiger charge is 2.17. The number of ether oxygens (including phenoxy) is 2. The van der Waals surface area contributed by atoms with Crippen molar-refractivity contribution in [2.45, 2.75) is 38.6 Å². The number of nitrogens with two attached hydrogens (primary N) is 1. The van der Waals surface area contributed by atoms with Crippen LogP contribution >= 0.6 is 24.0 Å². The maximum absolute atomic E-state index is 11.8. The summed E-state index contributed by atoms with van der Waals surface area (Å²) in [6.07, 6.45) is 5.52. The molecule has 4 N–H and O–H groups in total. The van der Waals surface area contributed by atoms with Gasteiger partial charge < -0.3 is 25.8 Å². The molecule has 2 rings (SSSR count). The standard InChI is InChI=1S/C19H30N4O3.HI/c1-25-16-8-7-15(11-17(16)26-2)13-23-19(20)22-10-9-21-18(24)12-14-5-3-4-6-14;/h7-8,11,14H,3-6,9-10,12-13H2,1-2H3,(H,21,24)(H3,20,22,23);1H. The molecule has 0 unspecified atom stereocenters. The summed E-state index contributed by atoms with van der Waals surface area (Å²) in [6, 6.07) is 5.63. The van der Waals surface area contributed by atoms with Gasteiger partial charge in [-0.3, -0.25) is 4.79 Å². The summed E-state index contributed by atoms with van der Waals surface area (Å²) < 4.78 is 10.5. The molecule has 1 saturated carbocycles. The topological polar surface area (TPSA) is 98.0 Å². The van der Waals surface area contributed by atoms with Crippen LogP contribution in [0.15, 0.2) is 23.2 Å². The lowest BCUT2D eigenvalue weighted by Crippen LogP contribution is -2.38. The van der Waals surface area contributed by atoms with Gasteiger partial charge in [0.2, 0.25) is 5.91 Å². The number of carbonyl (C=O) groups excluding carboxylic acids is 1. The summed E-state index contributed by atoms with van der Waals surface area (Å²) in [4.78, 5) is 16.1. The molecule has 152 valence electrons. The van der Waals surface area contributed by atoms with E-state index in [9.17, 15) is 4.79 Å². The second kappa shape index (κ2) is 12.6. The molecular weight excluding hydrogens is 459 g/mol. The molecule has 0 aliphatic heterocycles. The van der Waals surface area contributed by atoms with Crippen LogP contribution in [0.3, 0.4) is 0 Å². The van der Waals surface area contributed by atoms with E-state index in [-0.39, 0.29) is 29.9 Å². The lowest BCUT2D eigenvalue weighted by atomic mass is 10.0. The molecule has 1 fully saturated rings. The van der Waals surface area contributed by atoms with Crippen molar-refractivity contribution in [3.63, 3.8) is 0 Å². The third-order valence-corrected chi connectivity index (χ3v) is 4.58. The van der Waals surface area contributed by atoms with Gasteiger partial charge in [0, 0.05) is 19.5 Å². The highest BCUT2D eigenvalue weighted by Crippen LogP contribution is 2.28. The van der Waals surface area contributed by atoms with Crippen LogP contribution in [-0.4, -0.2) is 39.2 Å². The van der Waals surface area contributed by atoms with Crippen LogP contribution in [0.1, 0.15) is 37.7 Å². The molecule has 27 heavy (non-hydrogen) atoms. The first kappa shape index (κ1) is 23.3. The lowest BCUT2D eigenvalue weighted by Gasteiger charge is -2.11. The van der Waals surface area contributed by atoms with E-state index < -0.39 is 0 Å². The SMILES string of the molecule is COc1ccc(CN=C(N)NCCNC(=O)CC2CCCC2)cc1OC.I. The second-order valence-electron chi connectivity index (χ2n) is 6.52. The van der Waals surface area contributed by atoms with Gasteiger partial charge in [0.15, 0.2) is 17.5 Å². The van der Waals surface area contributed by atoms with Gasteiger partial charge >= 0.3 is 0 Å². The van der Waals surface area contributed by atoms with Crippen LogP contribution in [0.25, 0.3) is 0 Å². The van der Waals surface area contributed by atoms with Crippen molar-refractivity contribution < 1.29 is 14.3 Å². The minimum Gasteiger partial charge on any atom is -0.493 e. The van der Waals surface area contributed by atoms with Gasteiger partial charge in [0.25, 0.3) is 0 Å². The Hall–Kier alpha value is -1.71. The van der Waals surface area contributed by atoms with Crippen LogP contribution in [-0.2, 0) is 11.3 Å². The van der Waals surface area contributed by atoms with Crippen molar-refractivity contribution in [2.24, 2.45) is 16.6 Å². The fraction of sp³-hybridized carbons (Fsp3) is 0.579. The quantitative estimate of drug-likeness (QED) is 0.214. The third kappa shape index (κ3) is 8.23. The molecule has 7 nitrogen and oxygen atoms in total. The van der Waals surface area contributed by atoms with E-state index in [0.717, 1.165) is 5.56 Å². The molecule has 1 aliphatic carbocycles. The van der Waals surface area contributed by atoms with Crippen LogP contribution in [0, 0.1) is 5.92 Å². The summed E-state index contributed by atoms with van der Waals surface area (Å²) >= 11 is 0. The zero-order valence-electron chi connectivity index (χ0n) is 16.1. The lowest BCUT2D eigenvalue weighted by molar-refractivity contribution is -0.121. The predicted molar refractivity (Wildman–Crippen MR) is 118 cm³/mol. The first-order chi connectivity index (χ1) is 12.6. The molecule has 1 aromatic carbocycles. The highest BCUT2D eigenvalue weighted by molar-refractivity contribution is 14.0. The summed E-state index contributed by atoms with van der Waals surface area (Å²) in [6.45, 7) is 1.53. The number of nitrogens with zero attached hydrogens (tertiary/aromatic N) is 1. The van der Waals surface area contributed by atoms with Crippen molar-refractivity contribution in [3.05, 3.63) is 23.8 Å². The number of methoxy groups -OCH3 is 2. The molecule has 0 bridgehead atoms. The number of rotatable bonds is 9. The minimum absolute atomic E-state index is 0. The van der Waals surface area contributed by atoms with E-state index in [1.165, 1.54) is 25.7 Å². The molecular formula is C19H31IN4O3. The first-order valence-corrected chi connectivity index (χ1v) is 9.13. The third-order valence-electron chi connectivity index (χ3n) is 4.58. The molecule has 8 heteroatoms. The van der Waals surface area contributed by atoms with E-state index in [1.807, 2.05) is 18.2 Å². The highest BCUT2D eigenvalue weighted by atomic mass is 127. The van der Waals surface area contributed by atoms with E-state index in [1.54, 1.807) is 14.2 Å². The number of guanidine groups is 1. The normalized spacial score (nSPS) is 14.4. The number of benzene rings is 1. The minimum atomic E-state index is 0. The number of hydrogen-bond donors (Lipinski definition) is 3. The molecule has 0 heterocycles. The van der Waals surface area contributed by atoms with Gasteiger partial charge in [0.1, 0.15) is 0 Å². The molecule has 0 atom stereocenters. The van der Waals surface area contributed by atoms with Crippen LogP contribution < -0.4 is 25.8 Å². The Kier molecular flexibility index (Phi) is 10.9. The predicted octanol–water partition coefficient (Wildman–Crippen LogP) is 2.42. The smallest absolute Gasteiger partial charge is 0.220 e. The van der Waals surface area contributed by atoms with Crippen LogP contribution in [0.5, 0.6) is 11.5 Å². The molecule has 0 spiro atoms. The number of hydrogen-bond acceptors (Lipinski definition) is 4. The fourth-order valence-electron chi connectivity index (χ4n) is 3.15. The Bertz CT molecular complexity index is 619. The zero-order chi connectivity index (χ0) is 18.8. The fourth-order valence-corrected chi connectivity index (χ4v) is 3.15. The number of aliphatic imine (C=N–C) groups is 1. The largest absolute Gasteiger partial charge is 0.493 e. The number of amides is 1. The first-order valence-electron chi connectivity index (χ1n) is 9.13. The van der Waals surface area contributed by atoms with Crippen molar-refractivity contribution in [2.75, 3.05) is 27.3 Å². The molecule has 0 radical (unpaired) electrons. The Morgan fingerprint density at radius 3 is 2.48 bits per heavy atom. The van der Waals surface area contributed by atoms with E-state index in [0.29, 0.717) is 49.4 Å². The van der Waals surface area contributed by atoms with E-state index in [4.69, 9.17) is 15.2 Å². The number of halogens is 1. The Labute approximate surface area is 178 Å². The number of nitrogens with one attached hydrogen (secondary N) is 2. The summed E-state index contributed by atoms with van der Waals surface area (Å²) in [5.74, 6) is 2.39. The average Bonchev–Trinajstić information content (AvgIpc) is 3.16. The van der Waals surface area contributed by atoms with Crippen molar-refractivity contribution in [3.8, 4) is 11.5 Å². The monoisotopic (exact) mass is 490 g/mol. The van der Waals surface area contributed by atoms with Gasteiger partial charge in [-0.1, -0.05) is 18.9 Å². The van der Waals surface area contributed by atoms with Crippen LogP contribution in [0.2, 0.25) is 0 Å². The molecule has 1 aliphatic rings. The number of carbonyl (C=O) groups is 1. The van der Waals surface area contributed by atoms with Gasteiger partial charge in [-0.05, 0) is 36.5 Å². The van der Waals surface area contributed by atoms with Gasteiger partial charge in [0.05, 0.1) is 20.8 Å². The average molecular weight is 490 g/mol. The van der Waals surface area contributed by atoms with E-state index in [2.05, 4.69) is 15.6 Å². The van der Waals surface area contributed by atoms with Crippen molar-refractivity contribution in [1.82, 2.24) is 10.6 Å². The Balaban J connectivity index is 0.00000364. The Morgan fingerprint density at radius 2 is 1.81 bits per heavy atom. The van der Waals surface area contributed by atoms with Crippen molar-refractivity contribution >= 4 is 35.8 Å². The summed E-state index contributed by atoms with van der Waals surface area (Å²) in [7, 11) is 3.20. The molecule has 1 amide bonds. The van der Waals surface area contributed by atoms with E-state index >= 15 is 0 Å². The zero-order valence-corrected chi connectivity index (χ0v) is 18.5. The van der Waals surface area contributed by atoms with Crippen LogP contribution in [0.4, 0.5) is 0 Å². The van der Waals surface area contributed by atoms with Crippen molar-refractivity contribution in [1.29, 1.82) is 0 Å². The second-order valence-corrected chi connectivity index (χ2v) is 6.52. The summed E-state index contributed by atoms with van der Waals surface area (Å²) in [5.41, 5.74) is 6.84.